The zero-order valence-electron chi connectivity index (χ0n) is 24.8. The maximum atomic E-state index is 15.2. The number of H-pyrrole nitrogens is 1. The fraction of sp³-hybridized carbons (Fsp3) is 0.406. The highest BCUT2D eigenvalue weighted by Crippen LogP contribution is 2.32. The van der Waals surface area contributed by atoms with E-state index in [4.69, 9.17) is 27.5 Å². The van der Waals surface area contributed by atoms with Crippen LogP contribution in [0.5, 0.6) is 0 Å². The summed E-state index contributed by atoms with van der Waals surface area (Å²) in [4.78, 5) is 20.4. The van der Waals surface area contributed by atoms with E-state index >= 15 is 4.39 Å². The summed E-state index contributed by atoms with van der Waals surface area (Å²) in [7, 11) is 0. The predicted molar refractivity (Wildman–Crippen MR) is 170 cm³/mol. The molecule has 4 aromatic rings. The smallest absolute Gasteiger partial charge is 0.354 e. The first-order valence-corrected chi connectivity index (χ1v) is 14.9. The Hall–Kier alpha value is -3.57. The van der Waals surface area contributed by atoms with Gasteiger partial charge >= 0.3 is 5.69 Å². The van der Waals surface area contributed by atoms with Gasteiger partial charge in [-0.2, -0.15) is 4.98 Å². The molecule has 2 atom stereocenters. The quantitative estimate of drug-likeness (QED) is 0.126. The molecule has 0 amide bonds. The SMILES string of the molecule is CC(=N)NCC[C@@H]1COC[C@@H](c2ccc(-n3cc4cc(-c5cc(CCC(C)(C)CN)cc(Cl)c5F)[nH]c4nc3=O)cc2)N1. The number of benzene rings is 2. The van der Waals surface area contributed by atoms with E-state index in [1.807, 2.05) is 24.3 Å². The number of aromatic nitrogens is 3. The summed E-state index contributed by atoms with van der Waals surface area (Å²) in [5, 5.41) is 14.9. The van der Waals surface area contributed by atoms with Crippen molar-refractivity contribution in [3.63, 3.8) is 0 Å². The predicted octanol–water partition coefficient (Wildman–Crippen LogP) is 5.10. The highest BCUT2D eigenvalue weighted by atomic mass is 35.5. The van der Waals surface area contributed by atoms with Crippen LogP contribution in [0.25, 0.3) is 28.0 Å². The molecular formula is C32H39ClFN7O2. The average Bonchev–Trinajstić information content (AvgIpc) is 3.40. The van der Waals surface area contributed by atoms with Gasteiger partial charge in [-0.25, -0.2) is 9.18 Å². The Morgan fingerprint density at radius 3 is 2.74 bits per heavy atom. The molecule has 228 valence electrons. The van der Waals surface area contributed by atoms with Gasteiger partial charge in [-0.15, -0.1) is 0 Å². The van der Waals surface area contributed by atoms with Gasteiger partial charge in [-0.3, -0.25) is 9.98 Å². The normalized spacial score (nSPS) is 17.3. The number of aryl methyl sites for hydroxylation is 1. The third-order valence-electron chi connectivity index (χ3n) is 8.03. The Morgan fingerprint density at radius 1 is 1.26 bits per heavy atom. The molecule has 5 rings (SSSR count). The number of hydrogen-bond donors (Lipinski definition) is 5. The molecule has 3 heterocycles. The Bertz CT molecular complexity index is 1660. The van der Waals surface area contributed by atoms with Crippen LogP contribution in [0.2, 0.25) is 5.02 Å². The second kappa shape index (κ2) is 13.0. The summed E-state index contributed by atoms with van der Waals surface area (Å²) in [6.45, 7) is 8.37. The Morgan fingerprint density at radius 2 is 2.02 bits per heavy atom. The van der Waals surface area contributed by atoms with Crippen LogP contribution < -0.4 is 22.1 Å². The van der Waals surface area contributed by atoms with Crippen molar-refractivity contribution < 1.29 is 9.13 Å². The number of morpholine rings is 1. The molecule has 0 unspecified atom stereocenters. The molecule has 2 aromatic heterocycles. The second-order valence-electron chi connectivity index (χ2n) is 12.1. The Labute approximate surface area is 255 Å². The molecule has 0 saturated carbocycles. The van der Waals surface area contributed by atoms with Crippen molar-refractivity contribution in [2.75, 3.05) is 26.3 Å². The van der Waals surface area contributed by atoms with E-state index in [1.165, 1.54) is 4.57 Å². The number of ether oxygens (including phenoxy) is 1. The van der Waals surface area contributed by atoms with E-state index < -0.39 is 11.5 Å². The molecular weight excluding hydrogens is 569 g/mol. The summed E-state index contributed by atoms with van der Waals surface area (Å²) >= 11 is 6.29. The average molecular weight is 608 g/mol. The van der Waals surface area contributed by atoms with Gasteiger partial charge in [0.15, 0.2) is 5.82 Å². The zero-order chi connectivity index (χ0) is 30.7. The van der Waals surface area contributed by atoms with Crippen LogP contribution in [0.4, 0.5) is 4.39 Å². The molecule has 43 heavy (non-hydrogen) atoms. The zero-order valence-corrected chi connectivity index (χ0v) is 25.5. The lowest BCUT2D eigenvalue weighted by atomic mass is 9.86. The molecule has 1 fully saturated rings. The van der Waals surface area contributed by atoms with Gasteiger partial charge in [0, 0.05) is 29.7 Å². The van der Waals surface area contributed by atoms with Crippen molar-refractivity contribution in [2.24, 2.45) is 11.1 Å². The van der Waals surface area contributed by atoms with Gasteiger partial charge in [0.25, 0.3) is 0 Å². The molecule has 9 nitrogen and oxygen atoms in total. The molecule has 1 aliphatic rings. The number of halogens is 2. The molecule has 0 bridgehead atoms. The van der Waals surface area contributed by atoms with Gasteiger partial charge in [0.05, 0.1) is 41.5 Å². The monoisotopic (exact) mass is 607 g/mol. The lowest BCUT2D eigenvalue weighted by Gasteiger charge is -2.31. The number of aromatic amines is 1. The standard InChI is InChI=1S/C32H39ClFN7O2/c1-19(36)37-11-9-23-16-43-17-28(38-23)21-4-6-24(7-5-21)41-15-22-14-27(39-30(22)40-31(41)42)25-12-20(13-26(33)29(25)34)8-10-32(2,3)18-35/h4-7,12-15,23,28,38H,8-11,16-18,35H2,1-3H3,(H2,36,37)(H,39,40,42)/t23-,28+/m1/s1. The lowest BCUT2D eigenvalue weighted by molar-refractivity contribution is 0.0431. The van der Waals surface area contributed by atoms with Crippen molar-refractivity contribution in [3.05, 3.63) is 81.1 Å². The van der Waals surface area contributed by atoms with E-state index in [0.717, 1.165) is 24.0 Å². The van der Waals surface area contributed by atoms with Crippen LogP contribution >= 0.6 is 11.6 Å². The minimum Gasteiger partial charge on any atom is -0.378 e. The van der Waals surface area contributed by atoms with Gasteiger partial charge in [0.2, 0.25) is 0 Å². The highest BCUT2D eigenvalue weighted by Gasteiger charge is 2.23. The summed E-state index contributed by atoms with van der Waals surface area (Å²) < 4.78 is 22.5. The molecule has 0 radical (unpaired) electrons. The van der Waals surface area contributed by atoms with Gasteiger partial charge in [-0.1, -0.05) is 37.6 Å². The fourth-order valence-corrected chi connectivity index (χ4v) is 5.51. The van der Waals surface area contributed by atoms with E-state index in [0.29, 0.717) is 66.5 Å². The van der Waals surface area contributed by atoms with Gasteiger partial charge < -0.3 is 26.1 Å². The van der Waals surface area contributed by atoms with E-state index in [2.05, 4.69) is 34.4 Å². The summed E-state index contributed by atoms with van der Waals surface area (Å²) in [5.41, 5.74) is 9.24. The van der Waals surface area contributed by atoms with Crippen LogP contribution in [0.15, 0.2) is 53.5 Å². The van der Waals surface area contributed by atoms with Crippen molar-refractivity contribution in [3.8, 4) is 16.9 Å². The second-order valence-corrected chi connectivity index (χ2v) is 12.5. The number of hydrogen-bond acceptors (Lipinski definition) is 6. The van der Waals surface area contributed by atoms with Crippen molar-refractivity contribution in [1.82, 2.24) is 25.2 Å². The number of nitrogens with two attached hydrogens (primary N) is 1. The Balaban J connectivity index is 1.36. The van der Waals surface area contributed by atoms with Crippen LogP contribution in [-0.4, -0.2) is 52.7 Å². The van der Waals surface area contributed by atoms with E-state index in [9.17, 15) is 4.79 Å². The lowest BCUT2D eigenvalue weighted by Crippen LogP contribution is -2.45. The summed E-state index contributed by atoms with van der Waals surface area (Å²) in [6, 6.07) is 13.2. The van der Waals surface area contributed by atoms with Crippen molar-refractivity contribution in [1.29, 1.82) is 5.41 Å². The third-order valence-corrected chi connectivity index (χ3v) is 8.30. The molecule has 0 spiro atoms. The third kappa shape index (κ3) is 7.33. The van der Waals surface area contributed by atoms with Crippen LogP contribution in [-0.2, 0) is 11.2 Å². The van der Waals surface area contributed by atoms with Crippen LogP contribution in [0.3, 0.4) is 0 Å². The maximum absolute atomic E-state index is 15.2. The molecule has 1 aliphatic heterocycles. The Kier molecular flexibility index (Phi) is 9.31. The van der Waals surface area contributed by atoms with E-state index in [1.54, 1.807) is 31.3 Å². The summed E-state index contributed by atoms with van der Waals surface area (Å²) in [5.74, 6) is -0.0730. The largest absolute Gasteiger partial charge is 0.378 e. The van der Waals surface area contributed by atoms with Crippen LogP contribution in [0.1, 0.15) is 50.8 Å². The van der Waals surface area contributed by atoms with Gasteiger partial charge in [-0.05, 0) is 79.6 Å². The molecule has 6 N–H and O–H groups in total. The first kappa shape index (κ1) is 30.9. The number of rotatable bonds is 10. The number of amidine groups is 1. The fourth-order valence-electron chi connectivity index (χ4n) is 5.26. The minimum atomic E-state index is -0.524. The molecule has 11 heteroatoms. The number of nitrogens with one attached hydrogen (secondary N) is 4. The molecule has 2 aromatic carbocycles. The van der Waals surface area contributed by atoms with Gasteiger partial charge in [0.1, 0.15) is 5.65 Å². The number of fused-ring (bicyclic) bond motifs is 1. The first-order valence-electron chi connectivity index (χ1n) is 14.6. The number of nitrogens with zero attached hydrogens (tertiary/aromatic N) is 2. The molecule has 1 saturated heterocycles. The first-order chi connectivity index (χ1) is 20.5. The van der Waals surface area contributed by atoms with Crippen molar-refractivity contribution in [2.45, 2.75) is 52.1 Å². The van der Waals surface area contributed by atoms with Crippen molar-refractivity contribution >= 4 is 28.5 Å². The maximum Gasteiger partial charge on any atom is 0.354 e. The van der Waals surface area contributed by atoms with Crippen LogP contribution in [0, 0.1) is 16.6 Å². The topological polar surface area (TPSA) is 134 Å². The molecule has 0 aliphatic carbocycles. The minimum absolute atomic E-state index is 0.0253. The summed E-state index contributed by atoms with van der Waals surface area (Å²) in [6.07, 6.45) is 4.10. The van der Waals surface area contributed by atoms with E-state index in [-0.39, 0.29) is 22.5 Å². The highest BCUT2D eigenvalue weighted by molar-refractivity contribution is 6.31.